The topological polar surface area (TPSA) is 114 Å². The minimum absolute atomic E-state index is 0.0390. The first-order chi connectivity index (χ1) is 11.4. The van der Waals surface area contributed by atoms with Gasteiger partial charge >= 0.3 is 0 Å². The van der Waals surface area contributed by atoms with Crippen molar-refractivity contribution in [3.05, 3.63) is 62.1 Å². The van der Waals surface area contributed by atoms with E-state index < -0.39 is 10.8 Å². The lowest BCUT2D eigenvalue weighted by Gasteiger charge is -2.06. The molecule has 2 rings (SSSR count). The van der Waals surface area contributed by atoms with E-state index in [0.29, 0.717) is 5.56 Å². The molecule has 0 saturated carbocycles. The number of amides is 1. The number of phenolic OH excluding ortho intramolecular Hbond substituents is 1. The molecule has 0 heterocycles. The Morgan fingerprint density at radius 3 is 2.62 bits per heavy atom. The molecule has 1 amide bonds. The number of hydrogen-bond donors (Lipinski definition) is 2. The highest BCUT2D eigenvalue weighted by Crippen LogP contribution is 2.33. The van der Waals surface area contributed by atoms with Crippen LogP contribution in [0.25, 0.3) is 0 Å². The van der Waals surface area contributed by atoms with Gasteiger partial charge in [0.1, 0.15) is 0 Å². The highest BCUT2D eigenvalue weighted by atomic mass is 79.9. The molecule has 0 aliphatic heterocycles. The van der Waals surface area contributed by atoms with Crippen LogP contribution in [-0.2, 0) is 0 Å². The fraction of sp³-hybridized carbons (Fsp3) is 0.0667. The third-order valence-electron chi connectivity index (χ3n) is 3.00. The number of benzene rings is 2. The van der Waals surface area contributed by atoms with E-state index in [2.05, 4.69) is 26.5 Å². The molecule has 9 heteroatoms. The van der Waals surface area contributed by atoms with Crippen molar-refractivity contribution in [3.8, 4) is 11.5 Å². The summed E-state index contributed by atoms with van der Waals surface area (Å²) in [6.07, 6.45) is 1.10. The summed E-state index contributed by atoms with van der Waals surface area (Å²) < 4.78 is 5.71. The Hall–Kier alpha value is -2.94. The van der Waals surface area contributed by atoms with Gasteiger partial charge in [-0.25, -0.2) is 5.43 Å². The van der Waals surface area contributed by atoms with Crippen LogP contribution in [0.2, 0.25) is 0 Å². The number of nitrogens with one attached hydrogen (secondary N) is 1. The number of hydrazone groups is 1. The van der Waals surface area contributed by atoms with Crippen molar-refractivity contribution in [2.75, 3.05) is 7.11 Å². The summed E-state index contributed by atoms with van der Waals surface area (Å²) in [6.45, 7) is 0. The second-order valence-corrected chi connectivity index (χ2v) is 5.46. The molecule has 124 valence electrons. The van der Waals surface area contributed by atoms with E-state index in [4.69, 9.17) is 4.74 Å². The second-order valence-electron chi connectivity index (χ2n) is 4.55. The summed E-state index contributed by atoms with van der Waals surface area (Å²) in [6, 6.07) is 8.82. The molecule has 0 atom stereocenters. The van der Waals surface area contributed by atoms with Crippen molar-refractivity contribution in [1.82, 2.24) is 5.43 Å². The van der Waals surface area contributed by atoms with Crippen LogP contribution in [-0.4, -0.2) is 29.3 Å². The molecule has 8 nitrogen and oxygen atoms in total. The molecule has 2 N–H and O–H groups in total. The number of methoxy groups -OCH3 is 1. The summed E-state index contributed by atoms with van der Waals surface area (Å²) in [7, 11) is 1.27. The first-order valence-corrected chi connectivity index (χ1v) is 7.36. The van der Waals surface area contributed by atoms with Crippen LogP contribution in [0.4, 0.5) is 5.69 Å². The zero-order valence-corrected chi connectivity index (χ0v) is 14.0. The van der Waals surface area contributed by atoms with Crippen LogP contribution in [0.15, 0.2) is 46.0 Å². The highest BCUT2D eigenvalue weighted by Gasteiger charge is 2.15. The lowest BCUT2D eigenvalue weighted by molar-refractivity contribution is -0.385. The maximum absolute atomic E-state index is 11.9. The zero-order chi connectivity index (χ0) is 17.7. The molecule has 0 radical (unpaired) electrons. The van der Waals surface area contributed by atoms with Gasteiger partial charge in [0.2, 0.25) is 0 Å². The van der Waals surface area contributed by atoms with Gasteiger partial charge in [-0.3, -0.25) is 14.9 Å². The van der Waals surface area contributed by atoms with E-state index in [1.54, 1.807) is 24.3 Å². The minimum Gasteiger partial charge on any atom is -0.504 e. The largest absolute Gasteiger partial charge is 0.504 e. The third kappa shape index (κ3) is 4.07. The van der Waals surface area contributed by atoms with Crippen molar-refractivity contribution >= 4 is 33.7 Å². The van der Waals surface area contributed by atoms with Gasteiger partial charge in [0.15, 0.2) is 11.5 Å². The SMILES string of the molecule is COc1cc([N+](=O)[O-])cc(C=NNC(=O)c2ccc(Br)cc2)c1O. The van der Waals surface area contributed by atoms with E-state index in [1.165, 1.54) is 7.11 Å². The molecule has 24 heavy (non-hydrogen) atoms. The summed E-state index contributed by atoms with van der Waals surface area (Å²) in [4.78, 5) is 22.1. The molecule has 0 saturated heterocycles. The van der Waals surface area contributed by atoms with E-state index in [1.807, 2.05) is 0 Å². The number of nitrogens with zero attached hydrogens (tertiary/aromatic N) is 2. The number of nitro benzene ring substituents is 1. The predicted molar refractivity (Wildman–Crippen MR) is 90.5 cm³/mol. The van der Waals surface area contributed by atoms with E-state index in [0.717, 1.165) is 22.8 Å². The number of non-ortho nitro benzene ring substituents is 1. The summed E-state index contributed by atoms with van der Waals surface area (Å²) in [5.41, 5.74) is 2.43. The number of aromatic hydroxyl groups is 1. The van der Waals surface area contributed by atoms with Crippen molar-refractivity contribution in [3.63, 3.8) is 0 Å². The van der Waals surface area contributed by atoms with Gasteiger partial charge in [-0.1, -0.05) is 15.9 Å². The second kappa shape index (κ2) is 7.55. The molecule has 2 aromatic rings. The molecule has 0 fully saturated rings. The fourth-order valence-corrected chi connectivity index (χ4v) is 2.06. The quantitative estimate of drug-likeness (QED) is 0.460. The van der Waals surface area contributed by atoms with Crippen molar-refractivity contribution < 1.29 is 19.6 Å². The molecule has 0 unspecified atom stereocenters. The van der Waals surface area contributed by atoms with E-state index in [9.17, 15) is 20.0 Å². The summed E-state index contributed by atoms with van der Waals surface area (Å²) in [5.74, 6) is -0.842. The molecule has 2 aromatic carbocycles. The van der Waals surface area contributed by atoms with Gasteiger partial charge in [-0.2, -0.15) is 5.10 Å². The number of halogens is 1. The lowest BCUT2D eigenvalue weighted by atomic mass is 10.2. The van der Waals surface area contributed by atoms with E-state index >= 15 is 0 Å². The maximum atomic E-state index is 11.9. The minimum atomic E-state index is -0.625. The van der Waals surface area contributed by atoms with Gasteiger partial charge < -0.3 is 9.84 Å². The Bertz CT molecular complexity index is 806. The monoisotopic (exact) mass is 393 g/mol. The Kier molecular flexibility index (Phi) is 5.48. The van der Waals surface area contributed by atoms with E-state index in [-0.39, 0.29) is 22.7 Å². The van der Waals surface area contributed by atoms with Gasteiger partial charge in [0.05, 0.1) is 24.3 Å². The fourth-order valence-electron chi connectivity index (χ4n) is 1.80. The Morgan fingerprint density at radius 1 is 1.38 bits per heavy atom. The number of carbonyl (C=O) groups is 1. The van der Waals surface area contributed by atoms with Crippen LogP contribution in [0.3, 0.4) is 0 Å². The van der Waals surface area contributed by atoms with Crippen molar-refractivity contribution in [2.45, 2.75) is 0 Å². The average Bonchev–Trinajstić information content (AvgIpc) is 2.56. The van der Waals surface area contributed by atoms with Gasteiger partial charge in [0, 0.05) is 21.7 Å². The average molecular weight is 394 g/mol. The van der Waals surface area contributed by atoms with Crippen LogP contribution in [0.5, 0.6) is 11.5 Å². The molecule has 0 bridgehead atoms. The van der Waals surface area contributed by atoms with Gasteiger partial charge in [0.25, 0.3) is 11.6 Å². The van der Waals surface area contributed by atoms with Crippen LogP contribution in [0, 0.1) is 10.1 Å². The molecule has 0 spiro atoms. The summed E-state index contributed by atoms with van der Waals surface area (Å²) in [5, 5.41) is 24.5. The van der Waals surface area contributed by atoms with Crippen molar-refractivity contribution in [1.29, 1.82) is 0 Å². The number of phenols is 1. The number of ether oxygens (including phenoxy) is 1. The highest BCUT2D eigenvalue weighted by molar-refractivity contribution is 9.10. The Balaban J connectivity index is 2.19. The van der Waals surface area contributed by atoms with Gasteiger partial charge in [-0.05, 0) is 24.3 Å². The Labute approximate surface area is 145 Å². The van der Waals surface area contributed by atoms with Crippen molar-refractivity contribution in [2.24, 2.45) is 5.10 Å². The summed E-state index contributed by atoms with van der Waals surface area (Å²) >= 11 is 3.26. The maximum Gasteiger partial charge on any atom is 0.274 e. The molecular weight excluding hydrogens is 382 g/mol. The normalized spacial score (nSPS) is 10.6. The number of hydrogen-bond acceptors (Lipinski definition) is 6. The number of carbonyl (C=O) groups excluding carboxylic acids is 1. The number of nitro groups is 1. The van der Waals surface area contributed by atoms with Gasteiger partial charge in [-0.15, -0.1) is 0 Å². The number of rotatable bonds is 5. The molecule has 0 aromatic heterocycles. The van der Waals surface area contributed by atoms with Crippen LogP contribution in [0.1, 0.15) is 15.9 Å². The first-order valence-electron chi connectivity index (χ1n) is 6.56. The molecule has 0 aliphatic carbocycles. The lowest BCUT2D eigenvalue weighted by Crippen LogP contribution is -2.17. The standard InChI is InChI=1S/C15H12BrN3O5/c1-24-13-7-12(19(22)23)6-10(14(13)20)8-17-18-15(21)9-2-4-11(16)5-3-9/h2-8,20H,1H3,(H,18,21). The zero-order valence-electron chi connectivity index (χ0n) is 12.4. The molecular formula is C15H12BrN3O5. The predicted octanol–water partition coefficient (Wildman–Crippen LogP) is 2.84. The Morgan fingerprint density at radius 2 is 2.04 bits per heavy atom. The van der Waals surface area contributed by atoms with Crippen LogP contribution >= 0.6 is 15.9 Å². The van der Waals surface area contributed by atoms with Crippen LogP contribution < -0.4 is 10.2 Å². The first kappa shape index (κ1) is 17.4. The smallest absolute Gasteiger partial charge is 0.274 e. The third-order valence-corrected chi connectivity index (χ3v) is 3.52. The molecule has 0 aliphatic rings.